The van der Waals surface area contributed by atoms with E-state index in [0.29, 0.717) is 6.54 Å². The van der Waals surface area contributed by atoms with Crippen molar-refractivity contribution >= 4 is 28.9 Å². The normalized spacial score (nSPS) is 18.2. The van der Waals surface area contributed by atoms with Crippen LogP contribution in [0.3, 0.4) is 0 Å². The maximum absolute atomic E-state index is 12.5. The minimum Gasteiger partial charge on any atom is -0.294 e. The van der Waals surface area contributed by atoms with E-state index in [1.54, 1.807) is 11.3 Å². The van der Waals surface area contributed by atoms with Gasteiger partial charge in [-0.1, -0.05) is 42.5 Å². The summed E-state index contributed by atoms with van der Waals surface area (Å²) in [6.07, 6.45) is 8.79. The Kier molecular flexibility index (Phi) is 4.76. The van der Waals surface area contributed by atoms with Crippen LogP contribution >= 0.6 is 11.3 Å². The van der Waals surface area contributed by atoms with Crippen LogP contribution in [0, 0.1) is 5.92 Å². The molecule has 0 aliphatic carbocycles. The van der Waals surface area contributed by atoms with Gasteiger partial charge in [-0.25, -0.2) is 0 Å². The second-order valence-electron chi connectivity index (χ2n) is 5.14. The van der Waals surface area contributed by atoms with Crippen LogP contribution in [0.15, 0.2) is 71.1 Å². The molecule has 2 aromatic rings. The molecule has 22 heavy (non-hydrogen) atoms. The molecule has 2 heterocycles. The molecule has 1 aliphatic heterocycles. The van der Waals surface area contributed by atoms with Crippen molar-refractivity contribution in [2.24, 2.45) is 10.9 Å². The van der Waals surface area contributed by atoms with Crippen LogP contribution in [-0.4, -0.2) is 18.0 Å². The van der Waals surface area contributed by atoms with E-state index in [1.807, 2.05) is 54.6 Å². The summed E-state index contributed by atoms with van der Waals surface area (Å²) >= 11 is 1.70. The average Bonchev–Trinajstić information content (AvgIpc) is 2.97. The largest absolute Gasteiger partial charge is 0.294 e. The molecule has 0 fully saturated rings. The third-order valence-corrected chi connectivity index (χ3v) is 4.43. The SMILES string of the molecule is O=C(c1ccccc1)C1C=CC(/C=C/c2cccs2)=NCC1. The van der Waals surface area contributed by atoms with Gasteiger partial charge in [-0.05, 0) is 36.1 Å². The third kappa shape index (κ3) is 3.68. The molecule has 0 N–H and O–H groups in total. The van der Waals surface area contributed by atoms with E-state index < -0.39 is 0 Å². The standard InChI is InChI=1S/C19H17NOS/c21-19(15-5-2-1-3-6-15)16-8-9-17(20-13-12-16)10-11-18-7-4-14-22-18/h1-11,14,16H,12-13H2/b11-10+. The molecule has 1 unspecified atom stereocenters. The van der Waals surface area contributed by atoms with Crippen LogP contribution in [0.5, 0.6) is 0 Å². The van der Waals surface area contributed by atoms with Gasteiger partial charge in [0, 0.05) is 22.9 Å². The highest BCUT2D eigenvalue weighted by atomic mass is 32.1. The second-order valence-corrected chi connectivity index (χ2v) is 6.12. The monoisotopic (exact) mass is 307 g/mol. The van der Waals surface area contributed by atoms with Crippen LogP contribution in [0.1, 0.15) is 21.7 Å². The minimum atomic E-state index is -0.0845. The Bertz CT molecular complexity index is 711. The molecular weight excluding hydrogens is 290 g/mol. The summed E-state index contributed by atoms with van der Waals surface area (Å²) in [5.74, 6) is 0.0920. The summed E-state index contributed by atoms with van der Waals surface area (Å²) < 4.78 is 0. The van der Waals surface area contributed by atoms with Crippen molar-refractivity contribution in [1.82, 2.24) is 0 Å². The Morgan fingerprint density at radius 1 is 1.14 bits per heavy atom. The molecule has 3 heteroatoms. The molecule has 0 spiro atoms. The van der Waals surface area contributed by atoms with E-state index in [9.17, 15) is 4.79 Å². The van der Waals surface area contributed by atoms with E-state index in [1.165, 1.54) is 4.88 Å². The van der Waals surface area contributed by atoms with Crippen molar-refractivity contribution in [1.29, 1.82) is 0 Å². The van der Waals surface area contributed by atoms with E-state index in [4.69, 9.17) is 0 Å². The molecule has 1 aromatic heterocycles. The summed E-state index contributed by atoms with van der Waals surface area (Å²) in [5.41, 5.74) is 1.70. The van der Waals surface area contributed by atoms with Gasteiger partial charge in [0.05, 0.1) is 5.71 Å². The minimum absolute atomic E-state index is 0.0845. The smallest absolute Gasteiger partial charge is 0.169 e. The lowest BCUT2D eigenvalue weighted by atomic mass is 9.94. The maximum atomic E-state index is 12.5. The van der Waals surface area contributed by atoms with Crippen LogP contribution in [0.25, 0.3) is 6.08 Å². The molecule has 2 nitrogen and oxygen atoms in total. The Morgan fingerprint density at radius 3 is 2.77 bits per heavy atom. The molecule has 3 rings (SSSR count). The number of hydrogen-bond acceptors (Lipinski definition) is 3. The van der Waals surface area contributed by atoms with Crippen molar-refractivity contribution in [2.45, 2.75) is 6.42 Å². The first-order chi connectivity index (χ1) is 10.8. The number of benzene rings is 1. The van der Waals surface area contributed by atoms with Crippen molar-refractivity contribution in [2.75, 3.05) is 6.54 Å². The number of Topliss-reactive ketones (excluding diaryl/α,β-unsaturated/α-hetero) is 1. The number of thiophene rings is 1. The van der Waals surface area contributed by atoms with E-state index in [-0.39, 0.29) is 11.7 Å². The number of carbonyl (C=O) groups is 1. The summed E-state index contributed by atoms with van der Waals surface area (Å²) in [6.45, 7) is 0.681. The highest BCUT2D eigenvalue weighted by Crippen LogP contribution is 2.17. The quantitative estimate of drug-likeness (QED) is 0.755. The number of hydrogen-bond donors (Lipinski definition) is 0. The van der Waals surface area contributed by atoms with Gasteiger partial charge in [0.15, 0.2) is 5.78 Å². The van der Waals surface area contributed by atoms with Gasteiger partial charge in [-0.15, -0.1) is 11.3 Å². The summed E-state index contributed by atoms with van der Waals surface area (Å²) in [5, 5.41) is 2.05. The Morgan fingerprint density at radius 2 is 2.00 bits per heavy atom. The van der Waals surface area contributed by atoms with Gasteiger partial charge in [-0.3, -0.25) is 9.79 Å². The highest BCUT2D eigenvalue weighted by molar-refractivity contribution is 7.10. The third-order valence-electron chi connectivity index (χ3n) is 3.59. The lowest BCUT2D eigenvalue weighted by molar-refractivity contribution is 0.0942. The predicted molar refractivity (Wildman–Crippen MR) is 93.7 cm³/mol. The van der Waals surface area contributed by atoms with Gasteiger partial charge in [0.1, 0.15) is 0 Å². The predicted octanol–water partition coefficient (Wildman–Crippen LogP) is 4.66. The zero-order valence-corrected chi connectivity index (χ0v) is 13.0. The van der Waals surface area contributed by atoms with Crippen molar-refractivity contribution in [3.63, 3.8) is 0 Å². The number of ketones is 1. The van der Waals surface area contributed by atoms with Crippen LogP contribution < -0.4 is 0 Å². The van der Waals surface area contributed by atoms with Crippen LogP contribution in [-0.2, 0) is 0 Å². The van der Waals surface area contributed by atoms with Crippen molar-refractivity contribution in [3.8, 4) is 0 Å². The average molecular weight is 307 g/mol. The van der Waals surface area contributed by atoms with Gasteiger partial charge in [0.2, 0.25) is 0 Å². The number of rotatable bonds is 4. The summed E-state index contributed by atoms with van der Waals surface area (Å²) in [6, 6.07) is 13.6. The molecule has 0 bridgehead atoms. The first-order valence-corrected chi connectivity index (χ1v) is 8.24. The number of allylic oxidation sites excluding steroid dienone is 3. The van der Waals surface area contributed by atoms with Gasteiger partial charge >= 0.3 is 0 Å². The highest BCUT2D eigenvalue weighted by Gasteiger charge is 2.18. The maximum Gasteiger partial charge on any atom is 0.169 e. The molecule has 0 radical (unpaired) electrons. The van der Waals surface area contributed by atoms with Crippen molar-refractivity contribution in [3.05, 3.63) is 76.5 Å². The van der Waals surface area contributed by atoms with E-state index in [0.717, 1.165) is 17.7 Å². The summed E-state index contributed by atoms with van der Waals surface area (Å²) in [7, 11) is 0. The first kappa shape index (κ1) is 14.7. The van der Waals surface area contributed by atoms with Crippen LogP contribution in [0.4, 0.5) is 0 Å². The number of carbonyl (C=O) groups excluding carboxylic acids is 1. The van der Waals surface area contributed by atoms with Gasteiger partial charge < -0.3 is 0 Å². The lowest BCUT2D eigenvalue weighted by Crippen LogP contribution is -2.13. The Balaban J connectivity index is 1.69. The molecular formula is C19H17NOS. The molecule has 0 saturated carbocycles. The molecule has 0 saturated heterocycles. The molecule has 0 amide bonds. The van der Waals surface area contributed by atoms with Crippen LogP contribution in [0.2, 0.25) is 0 Å². The fourth-order valence-electron chi connectivity index (χ4n) is 2.39. The zero-order valence-electron chi connectivity index (χ0n) is 12.2. The molecule has 1 aromatic carbocycles. The molecule has 110 valence electrons. The van der Waals surface area contributed by atoms with Gasteiger partial charge in [-0.2, -0.15) is 0 Å². The second kappa shape index (κ2) is 7.14. The topological polar surface area (TPSA) is 29.4 Å². The fourth-order valence-corrected chi connectivity index (χ4v) is 3.01. The Hall–Kier alpha value is -2.26. The first-order valence-electron chi connectivity index (χ1n) is 7.36. The molecule has 1 atom stereocenters. The number of aliphatic imine (C=N–C) groups is 1. The molecule has 1 aliphatic rings. The Labute approximate surface area is 134 Å². The van der Waals surface area contributed by atoms with E-state index in [2.05, 4.69) is 22.5 Å². The van der Waals surface area contributed by atoms with Gasteiger partial charge in [0.25, 0.3) is 0 Å². The zero-order chi connectivity index (χ0) is 15.2. The van der Waals surface area contributed by atoms with Crippen molar-refractivity contribution < 1.29 is 4.79 Å². The summed E-state index contributed by atoms with van der Waals surface area (Å²) in [4.78, 5) is 18.2. The lowest BCUT2D eigenvalue weighted by Gasteiger charge is -2.08. The fraction of sp³-hybridized carbons (Fsp3) is 0.158. The number of nitrogens with zero attached hydrogens (tertiary/aromatic N) is 1. The van der Waals surface area contributed by atoms with E-state index >= 15 is 0 Å².